The lowest BCUT2D eigenvalue weighted by atomic mass is 10.3. The van der Waals surface area contributed by atoms with Crippen LogP contribution in [-0.2, 0) is 0 Å². The molecule has 0 bridgehead atoms. The van der Waals surface area contributed by atoms with E-state index in [0.29, 0.717) is 5.37 Å². The van der Waals surface area contributed by atoms with Gasteiger partial charge in [-0.1, -0.05) is 20.3 Å². The molecule has 0 rings (SSSR count). The highest BCUT2D eigenvalue weighted by atomic mass is 32.1. The van der Waals surface area contributed by atoms with E-state index in [2.05, 4.69) is 31.8 Å². The Balaban J connectivity index is 2.95. The maximum atomic E-state index is 4.33. The molecule has 0 aromatic heterocycles. The molecule has 0 aromatic carbocycles. The van der Waals surface area contributed by atoms with Gasteiger partial charge in [-0.2, -0.15) is 12.6 Å². The smallest absolute Gasteiger partial charge is 0.0502 e. The molecule has 0 aliphatic heterocycles. The zero-order chi connectivity index (χ0) is 7.11. The SMILES string of the molecule is CCCNC(S)CCC. The van der Waals surface area contributed by atoms with E-state index in [1.165, 1.54) is 19.3 Å². The van der Waals surface area contributed by atoms with E-state index in [0.717, 1.165) is 6.54 Å². The van der Waals surface area contributed by atoms with Crippen molar-refractivity contribution in [2.45, 2.75) is 38.5 Å². The molecule has 0 saturated heterocycles. The van der Waals surface area contributed by atoms with Crippen LogP contribution in [0, 0.1) is 0 Å². The van der Waals surface area contributed by atoms with Gasteiger partial charge in [-0.3, -0.25) is 0 Å². The first-order valence-electron chi connectivity index (χ1n) is 3.72. The van der Waals surface area contributed by atoms with Crippen molar-refractivity contribution in [2.75, 3.05) is 6.54 Å². The van der Waals surface area contributed by atoms with Gasteiger partial charge < -0.3 is 5.32 Å². The summed E-state index contributed by atoms with van der Waals surface area (Å²) in [6, 6.07) is 0. The van der Waals surface area contributed by atoms with Crippen LogP contribution in [0.25, 0.3) is 0 Å². The minimum atomic E-state index is 0.412. The number of hydrogen-bond donors (Lipinski definition) is 2. The van der Waals surface area contributed by atoms with Crippen LogP contribution in [-0.4, -0.2) is 11.9 Å². The molecule has 0 saturated carbocycles. The molecule has 1 nitrogen and oxygen atoms in total. The van der Waals surface area contributed by atoms with E-state index in [-0.39, 0.29) is 0 Å². The first kappa shape index (κ1) is 9.31. The van der Waals surface area contributed by atoms with Crippen molar-refractivity contribution in [3.8, 4) is 0 Å². The van der Waals surface area contributed by atoms with Gasteiger partial charge in [0.25, 0.3) is 0 Å². The Morgan fingerprint density at radius 1 is 1.33 bits per heavy atom. The third-order valence-electron chi connectivity index (χ3n) is 1.19. The van der Waals surface area contributed by atoms with Gasteiger partial charge in [-0.05, 0) is 19.4 Å². The van der Waals surface area contributed by atoms with E-state index >= 15 is 0 Å². The Morgan fingerprint density at radius 2 is 2.00 bits per heavy atom. The highest BCUT2D eigenvalue weighted by molar-refractivity contribution is 7.80. The van der Waals surface area contributed by atoms with E-state index in [9.17, 15) is 0 Å². The second-order valence-electron chi connectivity index (χ2n) is 2.26. The molecule has 0 amide bonds. The van der Waals surface area contributed by atoms with E-state index < -0.39 is 0 Å². The summed E-state index contributed by atoms with van der Waals surface area (Å²) in [7, 11) is 0. The summed E-state index contributed by atoms with van der Waals surface area (Å²) in [5, 5.41) is 3.71. The molecule has 9 heavy (non-hydrogen) atoms. The molecule has 0 heterocycles. The lowest BCUT2D eigenvalue weighted by molar-refractivity contribution is 0.599. The molecule has 1 atom stereocenters. The van der Waals surface area contributed by atoms with Gasteiger partial charge in [0.15, 0.2) is 0 Å². The third kappa shape index (κ3) is 6.19. The summed E-state index contributed by atoms with van der Waals surface area (Å²) < 4.78 is 0. The summed E-state index contributed by atoms with van der Waals surface area (Å²) in [5.41, 5.74) is 0. The van der Waals surface area contributed by atoms with Crippen LogP contribution < -0.4 is 5.32 Å². The third-order valence-corrected chi connectivity index (χ3v) is 1.63. The average molecular weight is 147 g/mol. The quantitative estimate of drug-likeness (QED) is 0.448. The minimum absolute atomic E-state index is 0.412. The van der Waals surface area contributed by atoms with Crippen molar-refractivity contribution >= 4 is 12.6 Å². The van der Waals surface area contributed by atoms with Gasteiger partial charge in [0.05, 0.1) is 5.37 Å². The second-order valence-corrected chi connectivity index (χ2v) is 2.88. The second kappa shape index (κ2) is 6.43. The molecular formula is C7H17NS. The molecule has 0 aromatic rings. The lowest BCUT2D eigenvalue weighted by Crippen LogP contribution is -2.24. The number of thiol groups is 1. The summed E-state index contributed by atoms with van der Waals surface area (Å²) in [6.45, 7) is 5.43. The Kier molecular flexibility index (Phi) is 6.65. The Bertz CT molecular complexity index is 56.9. The highest BCUT2D eigenvalue weighted by Gasteiger charge is 1.96. The molecule has 0 aliphatic rings. The normalized spacial score (nSPS) is 13.7. The molecular weight excluding hydrogens is 130 g/mol. The summed E-state index contributed by atoms with van der Waals surface area (Å²) in [4.78, 5) is 0. The summed E-state index contributed by atoms with van der Waals surface area (Å²) in [5.74, 6) is 0. The Labute approximate surface area is 63.6 Å². The van der Waals surface area contributed by atoms with Crippen LogP contribution in [0.1, 0.15) is 33.1 Å². The molecule has 1 N–H and O–H groups in total. The molecule has 0 aliphatic carbocycles. The molecule has 56 valence electrons. The van der Waals surface area contributed by atoms with Crippen LogP contribution in [0.4, 0.5) is 0 Å². The van der Waals surface area contributed by atoms with Crippen LogP contribution in [0.2, 0.25) is 0 Å². The maximum absolute atomic E-state index is 4.33. The fraction of sp³-hybridized carbons (Fsp3) is 1.00. The van der Waals surface area contributed by atoms with Crippen molar-refractivity contribution in [3.05, 3.63) is 0 Å². The Hall–Kier alpha value is 0.310. The van der Waals surface area contributed by atoms with Crippen molar-refractivity contribution in [1.82, 2.24) is 5.32 Å². The van der Waals surface area contributed by atoms with Gasteiger partial charge in [-0.15, -0.1) is 0 Å². The highest BCUT2D eigenvalue weighted by Crippen LogP contribution is 1.99. The monoisotopic (exact) mass is 147 g/mol. The molecule has 0 radical (unpaired) electrons. The number of nitrogens with one attached hydrogen (secondary N) is 1. The fourth-order valence-corrected chi connectivity index (χ4v) is 1.07. The van der Waals surface area contributed by atoms with Crippen molar-refractivity contribution < 1.29 is 0 Å². The maximum Gasteiger partial charge on any atom is 0.0502 e. The molecule has 1 unspecified atom stereocenters. The zero-order valence-corrected chi connectivity index (χ0v) is 7.25. The predicted molar refractivity (Wildman–Crippen MR) is 46.0 cm³/mol. The van der Waals surface area contributed by atoms with Crippen molar-refractivity contribution in [3.63, 3.8) is 0 Å². The number of rotatable bonds is 5. The van der Waals surface area contributed by atoms with E-state index in [4.69, 9.17) is 0 Å². The van der Waals surface area contributed by atoms with Gasteiger partial charge in [-0.25, -0.2) is 0 Å². The first-order valence-corrected chi connectivity index (χ1v) is 4.24. The Morgan fingerprint density at radius 3 is 2.44 bits per heavy atom. The van der Waals surface area contributed by atoms with Crippen LogP contribution >= 0.6 is 12.6 Å². The molecule has 2 heteroatoms. The van der Waals surface area contributed by atoms with Crippen LogP contribution in [0.3, 0.4) is 0 Å². The molecule has 0 spiro atoms. The summed E-state index contributed by atoms with van der Waals surface area (Å²) in [6.07, 6.45) is 3.58. The van der Waals surface area contributed by atoms with Crippen LogP contribution in [0.5, 0.6) is 0 Å². The van der Waals surface area contributed by atoms with Gasteiger partial charge >= 0.3 is 0 Å². The predicted octanol–water partition coefficient (Wildman–Crippen LogP) is 2.04. The lowest BCUT2D eigenvalue weighted by Gasteiger charge is -2.09. The van der Waals surface area contributed by atoms with Gasteiger partial charge in [0, 0.05) is 0 Å². The largest absolute Gasteiger partial charge is 0.306 e. The first-order chi connectivity index (χ1) is 4.31. The fourth-order valence-electron chi connectivity index (χ4n) is 0.686. The standard InChI is InChI=1S/C7H17NS/c1-3-5-7(9)8-6-4-2/h7-9H,3-6H2,1-2H3. The number of hydrogen-bond acceptors (Lipinski definition) is 2. The topological polar surface area (TPSA) is 12.0 Å². The average Bonchev–Trinajstić information content (AvgIpc) is 1.85. The summed E-state index contributed by atoms with van der Waals surface area (Å²) >= 11 is 4.33. The van der Waals surface area contributed by atoms with E-state index in [1.54, 1.807) is 0 Å². The van der Waals surface area contributed by atoms with Crippen molar-refractivity contribution in [2.24, 2.45) is 0 Å². The molecule has 0 fully saturated rings. The van der Waals surface area contributed by atoms with E-state index in [1.807, 2.05) is 0 Å². The van der Waals surface area contributed by atoms with Gasteiger partial charge in [0.2, 0.25) is 0 Å². The minimum Gasteiger partial charge on any atom is -0.306 e. The zero-order valence-electron chi connectivity index (χ0n) is 6.35. The van der Waals surface area contributed by atoms with Crippen LogP contribution in [0.15, 0.2) is 0 Å². The van der Waals surface area contributed by atoms with Crippen molar-refractivity contribution in [1.29, 1.82) is 0 Å². The van der Waals surface area contributed by atoms with Gasteiger partial charge in [0.1, 0.15) is 0 Å².